The van der Waals surface area contributed by atoms with Crippen LogP contribution in [0.2, 0.25) is 0 Å². The van der Waals surface area contributed by atoms with Crippen molar-refractivity contribution in [2.45, 2.75) is 19.3 Å². The van der Waals surface area contributed by atoms with Gasteiger partial charge in [-0.15, -0.1) is 12.4 Å². The van der Waals surface area contributed by atoms with Gasteiger partial charge in [0.2, 0.25) is 5.91 Å². The Morgan fingerprint density at radius 2 is 2.00 bits per heavy atom. The summed E-state index contributed by atoms with van der Waals surface area (Å²) in [6.07, 6.45) is 3.45. The zero-order valence-corrected chi connectivity index (χ0v) is 11.5. The van der Waals surface area contributed by atoms with Crippen LogP contribution < -0.4 is 5.32 Å². The van der Waals surface area contributed by atoms with Crippen LogP contribution in [0.15, 0.2) is 0 Å². The Kier molecular flexibility index (Phi) is 6.23. The van der Waals surface area contributed by atoms with Crippen molar-refractivity contribution >= 4 is 18.3 Å². The lowest BCUT2D eigenvalue weighted by Crippen LogP contribution is -2.47. The van der Waals surface area contributed by atoms with Crippen LogP contribution in [-0.2, 0) is 4.79 Å². The molecule has 0 aromatic heterocycles. The number of nitrogens with one attached hydrogen (secondary N) is 1. The van der Waals surface area contributed by atoms with E-state index in [1.807, 2.05) is 4.90 Å². The topological polar surface area (TPSA) is 35.6 Å². The highest BCUT2D eigenvalue weighted by Crippen LogP contribution is 2.29. The molecule has 0 atom stereocenters. The number of rotatable bonds is 5. The molecule has 1 aliphatic carbocycles. The summed E-state index contributed by atoms with van der Waals surface area (Å²) in [6.45, 7) is 5.75. The Labute approximate surface area is 110 Å². The number of carbonyl (C=O) groups excluding carboxylic acids is 1. The number of carbonyl (C=O) groups is 1. The van der Waals surface area contributed by atoms with Crippen LogP contribution in [-0.4, -0.2) is 62.0 Å². The molecule has 0 bridgehead atoms. The van der Waals surface area contributed by atoms with Crippen LogP contribution in [0.5, 0.6) is 0 Å². The maximum Gasteiger partial charge on any atom is 0.223 e. The SMILES string of the molecule is CN(CCC(=O)N1CCNCC1)CC1CC1.Cl. The van der Waals surface area contributed by atoms with E-state index in [4.69, 9.17) is 0 Å². The monoisotopic (exact) mass is 261 g/mol. The third-order valence-electron chi connectivity index (χ3n) is 3.44. The minimum absolute atomic E-state index is 0. The number of piperazine rings is 1. The van der Waals surface area contributed by atoms with Crippen molar-refractivity contribution in [2.75, 3.05) is 46.3 Å². The molecular weight excluding hydrogens is 238 g/mol. The maximum atomic E-state index is 11.9. The maximum absolute atomic E-state index is 11.9. The molecule has 1 amide bonds. The predicted molar refractivity (Wildman–Crippen MR) is 71.5 cm³/mol. The van der Waals surface area contributed by atoms with E-state index in [1.165, 1.54) is 19.4 Å². The van der Waals surface area contributed by atoms with Crippen LogP contribution in [0.25, 0.3) is 0 Å². The van der Waals surface area contributed by atoms with Gasteiger partial charge in [0.05, 0.1) is 0 Å². The molecule has 0 aromatic rings. The fraction of sp³-hybridized carbons (Fsp3) is 0.917. The lowest BCUT2D eigenvalue weighted by atomic mass is 10.3. The minimum atomic E-state index is 0. The number of hydrogen-bond donors (Lipinski definition) is 1. The van der Waals surface area contributed by atoms with Crippen LogP contribution in [0.4, 0.5) is 0 Å². The van der Waals surface area contributed by atoms with Crippen molar-refractivity contribution < 1.29 is 4.79 Å². The largest absolute Gasteiger partial charge is 0.340 e. The quantitative estimate of drug-likeness (QED) is 0.786. The highest BCUT2D eigenvalue weighted by molar-refractivity contribution is 5.85. The third kappa shape index (κ3) is 5.23. The Morgan fingerprint density at radius 3 is 2.59 bits per heavy atom. The van der Waals surface area contributed by atoms with Gasteiger partial charge in [0, 0.05) is 45.7 Å². The smallest absolute Gasteiger partial charge is 0.223 e. The fourth-order valence-corrected chi connectivity index (χ4v) is 2.19. The van der Waals surface area contributed by atoms with Gasteiger partial charge in [-0.05, 0) is 25.8 Å². The number of hydrogen-bond acceptors (Lipinski definition) is 3. The van der Waals surface area contributed by atoms with Crippen LogP contribution in [0.3, 0.4) is 0 Å². The van der Waals surface area contributed by atoms with Gasteiger partial charge in [-0.1, -0.05) is 0 Å². The predicted octanol–water partition coefficient (Wildman–Crippen LogP) is 0.572. The highest BCUT2D eigenvalue weighted by atomic mass is 35.5. The lowest BCUT2D eigenvalue weighted by Gasteiger charge is -2.28. The van der Waals surface area contributed by atoms with E-state index in [1.54, 1.807) is 0 Å². The van der Waals surface area contributed by atoms with Gasteiger partial charge in [0.25, 0.3) is 0 Å². The second kappa shape index (κ2) is 7.19. The molecule has 1 saturated heterocycles. The Morgan fingerprint density at radius 1 is 1.35 bits per heavy atom. The summed E-state index contributed by atoms with van der Waals surface area (Å²) in [5.74, 6) is 1.24. The molecule has 2 fully saturated rings. The molecule has 4 nitrogen and oxygen atoms in total. The van der Waals surface area contributed by atoms with Crippen molar-refractivity contribution in [3.8, 4) is 0 Å². The molecule has 0 aromatic carbocycles. The molecule has 1 heterocycles. The molecule has 1 saturated carbocycles. The molecular formula is C12H24ClN3O. The van der Waals surface area contributed by atoms with Crippen molar-refractivity contribution in [1.82, 2.24) is 15.1 Å². The zero-order valence-electron chi connectivity index (χ0n) is 10.7. The van der Waals surface area contributed by atoms with Crippen molar-refractivity contribution in [3.05, 3.63) is 0 Å². The summed E-state index contributed by atoms with van der Waals surface area (Å²) < 4.78 is 0. The van der Waals surface area contributed by atoms with E-state index in [9.17, 15) is 4.79 Å². The van der Waals surface area contributed by atoms with E-state index >= 15 is 0 Å². The summed E-state index contributed by atoms with van der Waals surface area (Å²) in [4.78, 5) is 16.2. The minimum Gasteiger partial charge on any atom is -0.340 e. The summed E-state index contributed by atoms with van der Waals surface area (Å²) in [5, 5.41) is 3.26. The van der Waals surface area contributed by atoms with Gasteiger partial charge in [-0.25, -0.2) is 0 Å². The first-order chi connectivity index (χ1) is 7.75. The molecule has 2 rings (SSSR count). The van der Waals surface area contributed by atoms with Crippen LogP contribution >= 0.6 is 12.4 Å². The van der Waals surface area contributed by atoms with Gasteiger partial charge in [0.1, 0.15) is 0 Å². The Bertz CT molecular complexity index is 240. The number of halogens is 1. The van der Waals surface area contributed by atoms with Crippen molar-refractivity contribution in [3.63, 3.8) is 0 Å². The first kappa shape index (κ1) is 14.7. The molecule has 2 aliphatic rings. The Balaban J connectivity index is 0.00000144. The molecule has 17 heavy (non-hydrogen) atoms. The molecule has 0 spiro atoms. The van der Waals surface area contributed by atoms with Gasteiger partial charge < -0.3 is 15.1 Å². The van der Waals surface area contributed by atoms with Crippen molar-refractivity contribution in [1.29, 1.82) is 0 Å². The average molecular weight is 262 g/mol. The normalized spacial score (nSPS) is 20.2. The van der Waals surface area contributed by atoms with Gasteiger partial charge in [-0.2, -0.15) is 0 Å². The summed E-state index contributed by atoms with van der Waals surface area (Å²) >= 11 is 0. The van der Waals surface area contributed by atoms with Crippen LogP contribution in [0.1, 0.15) is 19.3 Å². The molecule has 1 N–H and O–H groups in total. The zero-order chi connectivity index (χ0) is 11.4. The third-order valence-corrected chi connectivity index (χ3v) is 3.44. The summed E-state index contributed by atoms with van der Waals surface area (Å²) in [7, 11) is 2.13. The molecule has 5 heteroatoms. The van der Waals surface area contributed by atoms with E-state index in [0.717, 1.165) is 38.6 Å². The second-order valence-electron chi connectivity index (χ2n) is 5.09. The Hall–Kier alpha value is -0.320. The van der Waals surface area contributed by atoms with Gasteiger partial charge in [-0.3, -0.25) is 4.79 Å². The number of amides is 1. The van der Waals surface area contributed by atoms with Gasteiger partial charge >= 0.3 is 0 Å². The molecule has 100 valence electrons. The standard InChI is InChI=1S/C12H23N3O.ClH/c1-14(10-11-2-3-11)7-4-12(16)15-8-5-13-6-9-15;/h11,13H,2-10H2,1H3;1H. The van der Waals surface area contributed by atoms with E-state index in [2.05, 4.69) is 17.3 Å². The van der Waals surface area contributed by atoms with Crippen molar-refractivity contribution in [2.24, 2.45) is 5.92 Å². The second-order valence-corrected chi connectivity index (χ2v) is 5.09. The molecule has 1 aliphatic heterocycles. The van der Waals surface area contributed by atoms with Crippen LogP contribution in [0, 0.1) is 5.92 Å². The summed E-state index contributed by atoms with van der Waals surface area (Å²) in [6, 6.07) is 0. The first-order valence-corrected chi connectivity index (χ1v) is 6.43. The van der Waals surface area contributed by atoms with E-state index < -0.39 is 0 Å². The van der Waals surface area contributed by atoms with E-state index in [-0.39, 0.29) is 12.4 Å². The highest BCUT2D eigenvalue weighted by Gasteiger charge is 2.23. The number of nitrogens with zero attached hydrogens (tertiary/aromatic N) is 2. The average Bonchev–Trinajstić information content (AvgIpc) is 3.11. The molecule has 0 unspecified atom stereocenters. The van der Waals surface area contributed by atoms with Gasteiger partial charge in [0.15, 0.2) is 0 Å². The first-order valence-electron chi connectivity index (χ1n) is 6.43. The lowest BCUT2D eigenvalue weighted by molar-refractivity contribution is -0.132. The molecule has 0 radical (unpaired) electrons. The fourth-order valence-electron chi connectivity index (χ4n) is 2.19. The summed E-state index contributed by atoms with van der Waals surface area (Å²) in [5.41, 5.74) is 0. The van der Waals surface area contributed by atoms with E-state index in [0.29, 0.717) is 12.3 Å².